The molecule has 0 aliphatic rings. The second-order valence-electron chi connectivity index (χ2n) is 2.31. The SMILES string of the molecule is C#CC(S)CC(C)C. The van der Waals surface area contributed by atoms with Crippen LogP contribution in [0.4, 0.5) is 0 Å². The topological polar surface area (TPSA) is 0 Å². The van der Waals surface area contributed by atoms with Crippen LogP contribution < -0.4 is 0 Å². The van der Waals surface area contributed by atoms with Crippen LogP contribution in [-0.4, -0.2) is 5.25 Å². The molecule has 0 N–H and O–H groups in total. The number of thiol groups is 1. The van der Waals surface area contributed by atoms with Crippen molar-refractivity contribution >= 4 is 12.6 Å². The van der Waals surface area contributed by atoms with E-state index in [4.69, 9.17) is 6.42 Å². The third kappa shape index (κ3) is 4.08. The molecule has 0 heterocycles. The number of terminal acetylenes is 1. The lowest BCUT2D eigenvalue weighted by atomic mass is 10.1. The van der Waals surface area contributed by atoms with E-state index in [1.807, 2.05) is 0 Å². The van der Waals surface area contributed by atoms with Crippen molar-refractivity contribution in [3.05, 3.63) is 0 Å². The highest BCUT2D eigenvalue weighted by Crippen LogP contribution is 2.07. The Morgan fingerprint density at radius 2 is 2.12 bits per heavy atom. The number of rotatable bonds is 2. The van der Waals surface area contributed by atoms with E-state index < -0.39 is 0 Å². The quantitative estimate of drug-likeness (QED) is 0.426. The molecule has 0 saturated carbocycles. The van der Waals surface area contributed by atoms with E-state index in [0.717, 1.165) is 6.42 Å². The van der Waals surface area contributed by atoms with Crippen LogP contribution in [0.25, 0.3) is 0 Å². The monoisotopic (exact) mass is 128 g/mol. The Kier molecular flexibility index (Phi) is 3.81. The van der Waals surface area contributed by atoms with Gasteiger partial charge in [-0.15, -0.1) is 6.42 Å². The van der Waals surface area contributed by atoms with Crippen molar-refractivity contribution in [2.24, 2.45) is 5.92 Å². The van der Waals surface area contributed by atoms with Gasteiger partial charge in [-0.25, -0.2) is 0 Å². The Balaban J connectivity index is 3.28. The molecule has 0 aromatic heterocycles. The van der Waals surface area contributed by atoms with E-state index in [2.05, 4.69) is 32.4 Å². The van der Waals surface area contributed by atoms with Crippen LogP contribution in [0.2, 0.25) is 0 Å². The third-order valence-electron chi connectivity index (χ3n) is 0.887. The summed E-state index contributed by atoms with van der Waals surface area (Å²) in [6.07, 6.45) is 6.11. The molecule has 8 heavy (non-hydrogen) atoms. The van der Waals surface area contributed by atoms with E-state index in [9.17, 15) is 0 Å². The molecule has 0 aliphatic carbocycles. The number of hydrogen-bond acceptors (Lipinski definition) is 1. The van der Waals surface area contributed by atoms with Gasteiger partial charge in [0.1, 0.15) is 0 Å². The zero-order valence-electron chi connectivity index (χ0n) is 5.39. The third-order valence-corrected chi connectivity index (χ3v) is 1.25. The number of hydrogen-bond donors (Lipinski definition) is 1. The Morgan fingerprint density at radius 1 is 1.62 bits per heavy atom. The molecule has 0 aromatic rings. The highest BCUT2D eigenvalue weighted by molar-refractivity contribution is 7.81. The van der Waals surface area contributed by atoms with Crippen molar-refractivity contribution in [1.82, 2.24) is 0 Å². The molecule has 0 spiro atoms. The van der Waals surface area contributed by atoms with Crippen molar-refractivity contribution in [3.63, 3.8) is 0 Å². The van der Waals surface area contributed by atoms with Gasteiger partial charge in [-0.3, -0.25) is 0 Å². The molecule has 0 radical (unpaired) electrons. The lowest BCUT2D eigenvalue weighted by Crippen LogP contribution is -1.98. The molecular formula is C7H12S. The average molecular weight is 128 g/mol. The summed E-state index contributed by atoms with van der Waals surface area (Å²) < 4.78 is 0. The van der Waals surface area contributed by atoms with Gasteiger partial charge >= 0.3 is 0 Å². The predicted octanol–water partition coefficient (Wildman–Crippen LogP) is 1.96. The van der Waals surface area contributed by atoms with Crippen molar-refractivity contribution in [2.75, 3.05) is 0 Å². The van der Waals surface area contributed by atoms with E-state index in [1.54, 1.807) is 0 Å². The summed E-state index contributed by atoms with van der Waals surface area (Å²) in [5.41, 5.74) is 0. The summed E-state index contributed by atoms with van der Waals surface area (Å²) in [5.74, 6) is 3.22. The first kappa shape index (κ1) is 7.91. The molecule has 0 bridgehead atoms. The highest BCUT2D eigenvalue weighted by Gasteiger charge is 1.99. The van der Waals surface area contributed by atoms with Gasteiger partial charge in [0.25, 0.3) is 0 Å². The van der Waals surface area contributed by atoms with Crippen molar-refractivity contribution in [1.29, 1.82) is 0 Å². The van der Waals surface area contributed by atoms with Crippen LogP contribution in [0.15, 0.2) is 0 Å². The van der Waals surface area contributed by atoms with Crippen LogP contribution in [-0.2, 0) is 0 Å². The minimum absolute atomic E-state index is 0.148. The molecule has 0 aromatic carbocycles. The summed E-state index contributed by atoms with van der Waals surface area (Å²) in [6, 6.07) is 0. The van der Waals surface area contributed by atoms with Crippen LogP contribution in [0.3, 0.4) is 0 Å². The average Bonchev–Trinajstić information content (AvgIpc) is 1.65. The van der Waals surface area contributed by atoms with E-state index in [1.165, 1.54) is 0 Å². The van der Waals surface area contributed by atoms with Crippen LogP contribution >= 0.6 is 12.6 Å². The van der Waals surface area contributed by atoms with Gasteiger partial charge < -0.3 is 0 Å². The van der Waals surface area contributed by atoms with Crippen molar-refractivity contribution in [2.45, 2.75) is 25.5 Å². The standard InChI is InChI=1S/C7H12S/c1-4-7(8)5-6(2)3/h1,6-8H,5H2,2-3H3. The summed E-state index contributed by atoms with van der Waals surface area (Å²) in [5, 5.41) is 0.148. The summed E-state index contributed by atoms with van der Waals surface area (Å²) in [7, 11) is 0. The lowest BCUT2D eigenvalue weighted by Gasteiger charge is -2.04. The minimum Gasteiger partial charge on any atom is -0.163 e. The fourth-order valence-corrected chi connectivity index (χ4v) is 0.936. The summed E-state index contributed by atoms with van der Waals surface area (Å²) in [6.45, 7) is 4.28. The molecule has 46 valence electrons. The molecule has 1 atom stereocenters. The van der Waals surface area contributed by atoms with Gasteiger partial charge in [0.05, 0.1) is 5.25 Å². The molecule has 0 rings (SSSR count). The normalized spacial score (nSPS) is 13.4. The second kappa shape index (κ2) is 3.86. The van der Waals surface area contributed by atoms with Gasteiger partial charge in [0.15, 0.2) is 0 Å². The van der Waals surface area contributed by atoms with Crippen LogP contribution in [0, 0.1) is 18.3 Å². The lowest BCUT2D eigenvalue weighted by molar-refractivity contribution is 0.608. The van der Waals surface area contributed by atoms with Gasteiger partial charge in [-0.05, 0) is 12.3 Å². The zero-order valence-corrected chi connectivity index (χ0v) is 6.28. The molecular weight excluding hydrogens is 116 g/mol. The maximum Gasteiger partial charge on any atom is 0.0626 e. The predicted molar refractivity (Wildman–Crippen MR) is 41.1 cm³/mol. The molecule has 0 fully saturated rings. The highest BCUT2D eigenvalue weighted by atomic mass is 32.1. The molecule has 1 unspecified atom stereocenters. The van der Waals surface area contributed by atoms with Gasteiger partial charge in [-0.1, -0.05) is 19.8 Å². The van der Waals surface area contributed by atoms with Crippen LogP contribution in [0.1, 0.15) is 20.3 Å². The molecule has 1 heteroatoms. The fraction of sp³-hybridized carbons (Fsp3) is 0.714. The van der Waals surface area contributed by atoms with Gasteiger partial charge in [-0.2, -0.15) is 12.6 Å². The van der Waals surface area contributed by atoms with E-state index in [-0.39, 0.29) is 5.25 Å². The van der Waals surface area contributed by atoms with Crippen LogP contribution in [0.5, 0.6) is 0 Å². The van der Waals surface area contributed by atoms with Gasteiger partial charge in [0.2, 0.25) is 0 Å². The fourth-order valence-electron chi connectivity index (χ4n) is 0.515. The molecule has 0 nitrogen and oxygen atoms in total. The first-order valence-electron chi connectivity index (χ1n) is 2.81. The Labute approximate surface area is 57.1 Å². The molecule has 0 saturated heterocycles. The minimum atomic E-state index is 0.148. The second-order valence-corrected chi connectivity index (χ2v) is 2.94. The summed E-state index contributed by atoms with van der Waals surface area (Å²) >= 11 is 4.13. The summed E-state index contributed by atoms with van der Waals surface area (Å²) in [4.78, 5) is 0. The maximum absolute atomic E-state index is 5.09. The van der Waals surface area contributed by atoms with Crippen molar-refractivity contribution in [3.8, 4) is 12.3 Å². The maximum atomic E-state index is 5.09. The Bertz CT molecular complexity index is 89.1. The zero-order chi connectivity index (χ0) is 6.57. The smallest absolute Gasteiger partial charge is 0.0626 e. The first-order valence-corrected chi connectivity index (χ1v) is 3.32. The van der Waals surface area contributed by atoms with E-state index >= 15 is 0 Å². The largest absolute Gasteiger partial charge is 0.163 e. The first-order chi connectivity index (χ1) is 3.66. The molecule has 0 aliphatic heterocycles. The van der Waals surface area contributed by atoms with Crippen molar-refractivity contribution < 1.29 is 0 Å². The Morgan fingerprint density at radius 3 is 2.25 bits per heavy atom. The Hall–Kier alpha value is -0.0900. The van der Waals surface area contributed by atoms with E-state index in [0.29, 0.717) is 5.92 Å². The van der Waals surface area contributed by atoms with Gasteiger partial charge in [0, 0.05) is 0 Å². The molecule has 0 amide bonds.